The third-order valence-corrected chi connectivity index (χ3v) is 2.62. The van der Waals surface area contributed by atoms with Crippen LogP contribution >= 0.6 is 0 Å². The number of nitrogens with one attached hydrogen (secondary N) is 1. The molecule has 1 aliphatic rings. The quantitative estimate of drug-likeness (QED) is 0.703. The summed E-state index contributed by atoms with van der Waals surface area (Å²) in [6.07, 6.45) is 5.38. The minimum atomic E-state index is -0.550. The van der Waals surface area contributed by atoms with Gasteiger partial charge in [-0.3, -0.25) is 4.79 Å². The molecule has 1 rings (SSSR count). The van der Waals surface area contributed by atoms with Crippen molar-refractivity contribution in [1.29, 1.82) is 5.26 Å². The Kier molecular flexibility index (Phi) is 3.30. The summed E-state index contributed by atoms with van der Waals surface area (Å²) >= 11 is 0. The predicted octanol–water partition coefficient (Wildman–Crippen LogP) is 1.74. The van der Waals surface area contributed by atoms with Crippen molar-refractivity contribution >= 4 is 5.91 Å². The van der Waals surface area contributed by atoms with Gasteiger partial charge in [-0.15, -0.1) is 0 Å². The highest BCUT2D eigenvalue weighted by Crippen LogP contribution is 2.27. The first-order valence-electron chi connectivity index (χ1n) is 4.95. The largest absolute Gasteiger partial charge is 0.338 e. The fourth-order valence-electron chi connectivity index (χ4n) is 1.78. The van der Waals surface area contributed by atoms with Crippen molar-refractivity contribution in [2.45, 2.75) is 51.0 Å². The fraction of sp³-hybridized carbons (Fsp3) is 0.800. The molecule has 0 aliphatic heterocycles. The van der Waals surface area contributed by atoms with E-state index in [0.717, 1.165) is 25.7 Å². The molecular formula is C10H16N2O. The van der Waals surface area contributed by atoms with E-state index in [4.69, 9.17) is 5.26 Å². The molecule has 3 nitrogen and oxygen atoms in total. The Morgan fingerprint density at radius 1 is 1.46 bits per heavy atom. The van der Waals surface area contributed by atoms with E-state index in [9.17, 15) is 4.79 Å². The molecule has 0 heterocycles. The highest BCUT2D eigenvalue weighted by Gasteiger charge is 2.32. The lowest BCUT2D eigenvalue weighted by Gasteiger charge is -2.31. The van der Waals surface area contributed by atoms with Gasteiger partial charge in [-0.25, -0.2) is 0 Å². The topological polar surface area (TPSA) is 52.9 Å². The molecule has 13 heavy (non-hydrogen) atoms. The van der Waals surface area contributed by atoms with Crippen molar-refractivity contribution < 1.29 is 4.79 Å². The van der Waals surface area contributed by atoms with Crippen LogP contribution in [-0.4, -0.2) is 11.4 Å². The third kappa shape index (κ3) is 2.45. The zero-order valence-corrected chi connectivity index (χ0v) is 8.10. The molecule has 1 aliphatic carbocycles. The summed E-state index contributed by atoms with van der Waals surface area (Å²) in [6, 6.07) is 2.25. The number of nitriles is 1. The average molecular weight is 180 g/mol. The molecular weight excluding hydrogens is 164 g/mol. The summed E-state index contributed by atoms with van der Waals surface area (Å²) in [4.78, 5) is 11.2. The van der Waals surface area contributed by atoms with Gasteiger partial charge < -0.3 is 5.32 Å². The van der Waals surface area contributed by atoms with Gasteiger partial charge in [0.2, 0.25) is 5.91 Å². The van der Waals surface area contributed by atoms with Crippen molar-refractivity contribution in [2.75, 3.05) is 0 Å². The van der Waals surface area contributed by atoms with Crippen LogP contribution < -0.4 is 5.32 Å². The minimum Gasteiger partial charge on any atom is -0.338 e. The molecule has 1 fully saturated rings. The second-order valence-electron chi connectivity index (χ2n) is 3.66. The zero-order chi connectivity index (χ0) is 9.73. The third-order valence-electron chi connectivity index (χ3n) is 2.62. The monoisotopic (exact) mass is 180 g/mol. The number of amides is 1. The van der Waals surface area contributed by atoms with Crippen LogP contribution in [0.2, 0.25) is 0 Å². The molecule has 0 aromatic carbocycles. The van der Waals surface area contributed by atoms with Crippen LogP contribution in [0.3, 0.4) is 0 Å². The van der Waals surface area contributed by atoms with Crippen molar-refractivity contribution in [2.24, 2.45) is 0 Å². The van der Waals surface area contributed by atoms with Gasteiger partial charge in [-0.2, -0.15) is 5.26 Å². The Balaban J connectivity index is 2.59. The number of carbonyl (C=O) groups excluding carboxylic acids is 1. The summed E-state index contributed by atoms with van der Waals surface area (Å²) in [5.74, 6) is -0.0107. The van der Waals surface area contributed by atoms with Gasteiger partial charge in [0.25, 0.3) is 0 Å². The highest BCUT2D eigenvalue weighted by molar-refractivity contribution is 5.76. The van der Waals surface area contributed by atoms with Crippen molar-refractivity contribution in [3.63, 3.8) is 0 Å². The Morgan fingerprint density at radius 2 is 2.08 bits per heavy atom. The smallest absolute Gasteiger partial charge is 0.220 e. The molecule has 1 amide bonds. The van der Waals surface area contributed by atoms with E-state index in [2.05, 4.69) is 11.4 Å². The standard InChI is InChI=1S/C10H16N2O/c1-2-9(13)12-10(8-11)6-4-3-5-7-10/h2-7H2,1H3,(H,12,13). The molecule has 72 valence electrons. The Morgan fingerprint density at radius 3 is 2.54 bits per heavy atom. The Bertz CT molecular complexity index is 224. The van der Waals surface area contributed by atoms with Crippen LogP contribution in [0.25, 0.3) is 0 Å². The van der Waals surface area contributed by atoms with Gasteiger partial charge in [-0.1, -0.05) is 26.2 Å². The van der Waals surface area contributed by atoms with Crippen molar-refractivity contribution in [1.82, 2.24) is 5.32 Å². The van der Waals surface area contributed by atoms with Crippen molar-refractivity contribution in [3.8, 4) is 6.07 Å². The van der Waals surface area contributed by atoms with Crippen LogP contribution in [0.1, 0.15) is 45.4 Å². The number of rotatable bonds is 2. The molecule has 0 spiro atoms. The van der Waals surface area contributed by atoms with Gasteiger partial charge in [-0.05, 0) is 12.8 Å². The van der Waals surface area contributed by atoms with Crippen LogP contribution in [0, 0.1) is 11.3 Å². The lowest BCUT2D eigenvalue weighted by atomic mass is 9.83. The zero-order valence-electron chi connectivity index (χ0n) is 8.10. The van der Waals surface area contributed by atoms with Crippen LogP contribution in [0.15, 0.2) is 0 Å². The van der Waals surface area contributed by atoms with E-state index in [0.29, 0.717) is 6.42 Å². The molecule has 1 N–H and O–H groups in total. The molecule has 0 aromatic rings. The number of carbonyl (C=O) groups is 1. The molecule has 1 saturated carbocycles. The van der Waals surface area contributed by atoms with Crippen LogP contribution in [0.5, 0.6) is 0 Å². The highest BCUT2D eigenvalue weighted by atomic mass is 16.1. The number of hydrogen-bond acceptors (Lipinski definition) is 2. The SMILES string of the molecule is CCC(=O)NC1(C#N)CCCCC1. The summed E-state index contributed by atoms with van der Waals surface area (Å²) in [5.41, 5.74) is -0.550. The first-order chi connectivity index (χ1) is 6.22. The maximum atomic E-state index is 11.2. The summed E-state index contributed by atoms with van der Waals surface area (Å²) < 4.78 is 0. The first kappa shape index (κ1) is 10.0. The number of nitrogens with zero attached hydrogens (tertiary/aromatic N) is 1. The van der Waals surface area contributed by atoms with Crippen LogP contribution in [-0.2, 0) is 4.79 Å². The molecule has 0 atom stereocenters. The Labute approximate surface area is 79.1 Å². The summed E-state index contributed by atoms with van der Waals surface area (Å²) in [5, 5.41) is 11.9. The maximum Gasteiger partial charge on any atom is 0.220 e. The number of hydrogen-bond donors (Lipinski definition) is 1. The molecule has 0 unspecified atom stereocenters. The molecule has 3 heteroatoms. The van der Waals surface area contributed by atoms with Crippen molar-refractivity contribution in [3.05, 3.63) is 0 Å². The molecule has 0 bridgehead atoms. The average Bonchev–Trinajstić information content (AvgIpc) is 2.19. The predicted molar refractivity (Wildman–Crippen MR) is 49.9 cm³/mol. The second kappa shape index (κ2) is 4.27. The van der Waals surface area contributed by atoms with E-state index in [1.54, 1.807) is 0 Å². The molecule has 0 aromatic heterocycles. The van der Waals surface area contributed by atoms with E-state index in [1.807, 2.05) is 6.92 Å². The van der Waals surface area contributed by atoms with Gasteiger partial charge >= 0.3 is 0 Å². The van der Waals surface area contributed by atoms with Gasteiger partial charge in [0.1, 0.15) is 5.54 Å². The van der Waals surface area contributed by atoms with E-state index in [-0.39, 0.29) is 5.91 Å². The maximum absolute atomic E-state index is 11.2. The fourth-order valence-corrected chi connectivity index (χ4v) is 1.78. The minimum absolute atomic E-state index is 0.0107. The van der Waals surface area contributed by atoms with Crippen LogP contribution in [0.4, 0.5) is 0 Å². The van der Waals surface area contributed by atoms with E-state index in [1.165, 1.54) is 6.42 Å². The summed E-state index contributed by atoms with van der Waals surface area (Å²) in [6.45, 7) is 1.81. The first-order valence-corrected chi connectivity index (χ1v) is 4.95. The lowest BCUT2D eigenvalue weighted by Crippen LogP contribution is -2.48. The lowest BCUT2D eigenvalue weighted by molar-refractivity contribution is -0.122. The van der Waals surface area contributed by atoms with E-state index >= 15 is 0 Å². The molecule has 0 saturated heterocycles. The normalized spacial score (nSPS) is 20.3. The molecule has 0 radical (unpaired) electrons. The van der Waals surface area contributed by atoms with Gasteiger partial charge in [0.05, 0.1) is 6.07 Å². The van der Waals surface area contributed by atoms with E-state index < -0.39 is 5.54 Å². The second-order valence-corrected chi connectivity index (χ2v) is 3.66. The van der Waals surface area contributed by atoms with Gasteiger partial charge in [0, 0.05) is 6.42 Å². The summed E-state index contributed by atoms with van der Waals surface area (Å²) in [7, 11) is 0. The van der Waals surface area contributed by atoms with Gasteiger partial charge in [0.15, 0.2) is 0 Å². The Hall–Kier alpha value is -1.04.